The fourth-order valence-electron chi connectivity index (χ4n) is 3.82. The number of hydrogen-bond donors (Lipinski definition) is 3. The third-order valence-electron chi connectivity index (χ3n) is 5.68. The van der Waals surface area contributed by atoms with Gasteiger partial charge in [0.2, 0.25) is 11.9 Å². The number of pyridine rings is 1. The van der Waals surface area contributed by atoms with Gasteiger partial charge in [0, 0.05) is 25.4 Å². The molecule has 0 radical (unpaired) electrons. The fraction of sp³-hybridized carbons (Fsp3) is 0.185. The summed E-state index contributed by atoms with van der Waals surface area (Å²) in [5.41, 5.74) is 8.14. The predicted octanol–water partition coefficient (Wildman–Crippen LogP) is 3.59. The van der Waals surface area contributed by atoms with Gasteiger partial charge in [0.25, 0.3) is 5.56 Å². The molecule has 1 amide bonds. The first kappa shape index (κ1) is 24.7. The number of aromatic nitrogens is 3. The van der Waals surface area contributed by atoms with Crippen molar-refractivity contribution in [3.8, 4) is 22.4 Å². The maximum absolute atomic E-state index is 13.6. The zero-order chi connectivity index (χ0) is 25.5. The van der Waals surface area contributed by atoms with Crippen molar-refractivity contribution in [2.75, 3.05) is 23.7 Å². The molecule has 2 heterocycles. The molecule has 0 bridgehead atoms. The minimum Gasteiger partial charge on any atom is -0.356 e. The number of carbonyl (C=O) groups is 1. The summed E-state index contributed by atoms with van der Waals surface area (Å²) in [4.78, 5) is 34.2. The molecule has 0 atom stereocenters. The molecule has 0 unspecified atom stereocenters. The topological polar surface area (TPSA) is 115 Å². The van der Waals surface area contributed by atoms with Crippen LogP contribution in [0.3, 0.4) is 0 Å². The molecule has 36 heavy (non-hydrogen) atoms. The van der Waals surface area contributed by atoms with Gasteiger partial charge >= 0.3 is 0 Å². The van der Waals surface area contributed by atoms with E-state index in [4.69, 9.17) is 10.7 Å². The summed E-state index contributed by atoms with van der Waals surface area (Å²) < 4.78 is 15.1. The standard InChI is InChI=1S/C27H27FN6O2/c1-34-26(36)24(19-9-11-21(28)12-10-19)25(20-13-15-30-22(16-20)32-23(35)17-29)33-27(34)31-14-5-8-18-6-3-2-4-7-18/h2-4,6-7,9-13,15-16H,5,8,14,17,29H2,1H3,(H,31,33)(H,30,32,35). The minimum atomic E-state index is -0.405. The van der Waals surface area contributed by atoms with Gasteiger partial charge in [-0.1, -0.05) is 42.5 Å². The van der Waals surface area contributed by atoms with Gasteiger partial charge in [-0.3, -0.25) is 14.2 Å². The highest BCUT2D eigenvalue weighted by molar-refractivity contribution is 5.92. The van der Waals surface area contributed by atoms with Gasteiger partial charge in [0.05, 0.1) is 17.8 Å². The molecule has 4 rings (SSSR count). The lowest BCUT2D eigenvalue weighted by Crippen LogP contribution is -2.25. The van der Waals surface area contributed by atoms with Crippen LogP contribution >= 0.6 is 0 Å². The summed E-state index contributed by atoms with van der Waals surface area (Å²) in [6.45, 7) is 0.423. The van der Waals surface area contributed by atoms with Crippen LogP contribution in [0.4, 0.5) is 16.2 Å². The monoisotopic (exact) mass is 486 g/mol. The Kier molecular flexibility index (Phi) is 7.82. The number of hydrogen-bond acceptors (Lipinski definition) is 6. The van der Waals surface area contributed by atoms with Crippen molar-refractivity contribution in [2.45, 2.75) is 12.8 Å². The number of amides is 1. The number of nitrogens with two attached hydrogens (primary N) is 1. The molecule has 0 aliphatic carbocycles. The lowest BCUT2D eigenvalue weighted by atomic mass is 10.0. The zero-order valence-corrected chi connectivity index (χ0v) is 19.9. The van der Waals surface area contributed by atoms with E-state index in [0.717, 1.165) is 12.8 Å². The quantitative estimate of drug-likeness (QED) is 0.312. The van der Waals surface area contributed by atoms with Crippen LogP contribution in [0.15, 0.2) is 77.7 Å². The van der Waals surface area contributed by atoms with Gasteiger partial charge in [-0.2, -0.15) is 0 Å². The van der Waals surface area contributed by atoms with E-state index >= 15 is 0 Å². The Hall–Kier alpha value is -4.37. The third kappa shape index (κ3) is 5.81. The number of nitrogens with one attached hydrogen (secondary N) is 2. The van der Waals surface area contributed by atoms with Crippen LogP contribution < -0.4 is 21.9 Å². The van der Waals surface area contributed by atoms with E-state index in [0.29, 0.717) is 34.9 Å². The lowest BCUT2D eigenvalue weighted by Gasteiger charge is -2.16. The molecule has 4 N–H and O–H groups in total. The Labute approximate surface area is 208 Å². The second-order valence-electron chi connectivity index (χ2n) is 8.23. The maximum Gasteiger partial charge on any atom is 0.263 e. The fourth-order valence-corrected chi connectivity index (χ4v) is 3.82. The van der Waals surface area contributed by atoms with Gasteiger partial charge < -0.3 is 16.4 Å². The molecular formula is C27H27FN6O2. The van der Waals surface area contributed by atoms with Crippen molar-refractivity contribution in [3.05, 3.63) is 94.7 Å². The Balaban J connectivity index is 1.71. The van der Waals surface area contributed by atoms with Crippen molar-refractivity contribution < 1.29 is 9.18 Å². The van der Waals surface area contributed by atoms with Crippen LogP contribution in [0.1, 0.15) is 12.0 Å². The van der Waals surface area contributed by atoms with Crippen molar-refractivity contribution >= 4 is 17.7 Å². The average Bonchev–Trinajstić information content (AvgIpc) is 2.90. The van der Waals surface area contributed by atoms with Gasteiger partial charge in [-0.25, -0.2) is 14.4 Å². The van der Waals surface area contributed by atoms with E-state index in [2.05, 4.69) is 27.8 Å². The molecule has 2 aromatic heterocycles. The van der Waals surface area contributed by atoms with Crippen molar-refractivity contribution in [2.24, 2.45) is 12.8 Å². The van der Waals surface area contributed by atoms with Crippen molar-refractivity contribution in [1.29, 1.82) is 0 Å². The molecule has 0 aliphatic rings. The summed E-state index contributed by atoms with van der Waals surface area (Å²) in [6.07, 6.45) is 3.25. The minimum absolute atomic E-state index is 0.187. The Morgan fingerprint density at radius 1 is 1.06 bits per heavy atom. The van der Waals surface area contributed by atoms with E-state index in [9.17, 15) is 14.0 Å². The number of benzene rings is 2. The van der Waals surface area contributed by atoms with Crippen LogP contribution in [-0.4, -0.2) is 33.5 Å². The van der Waals surface area contributed by atoms with Crippen LogP contribution in [0.25, 0.3) is 22.4 Å². The summed E-state index contributed by atoms with van der Waals surface area (Å²) in [5, 5.41) is 5.88. The van der Waals surface area contributed by atoms with Crippen LogP contribution in [-0.2, 0) is 18.3 Å². The van der Waals surface area contributed by atoms with Gasteiger partial charge in [0.15, 0.2) is 0 Å². The number of halogens is 1. The molecule has 0 saturated heterocycles. The molecule has 0 spiro atoms. The first-order valence-electron chi connectivity index (χ1n) is 11.6. The Morgan fingerprint density at radius 3 is 2.53 bits per heavy atom. The smallest absolute Gasteiger partial charge is 0.263 e. The highest BCUT2D eigenvalue weighted by Gasteiger charge is 2.19. The maximum atomic E-state index is 13.6. The van der Waals surface area contributed by atoms with E-state index in [1.165, 1.54) is 28.5 Å². The number of anilines is 2. The zero-order valence-electron chi connectivity index (χ0n) is 19.9. The molecule has 0 aliphatic heterocycles. The first-order valence-corrected chi connectivity index (χ1v) is 11.6. The van der Waals surface area contributed by atoms with Gasteiger partial charge in [0.1, 0.15) is 11.6 Å². The highest BCUT2D eigenvalue weighted by Crippen LogP contribution is 2.30. The summed E-state index contributed by atoms with van der Waals surface area (Å²) in [7, 11) is 1.64. The highest BCUT2D eigenvalue weighted by atomic mass is 19.1. The Morgan fingerprint density at radius 2 is 1.81 bits per heavy atom. The molecule has 8 nitrogen and oxygen atoms in total. The van der Waals surface area contributed by atoms with E-state index in [-0.39, 0.29) is 17.9 Å². The predicted molar refractivity (Wildman–Crippen MR) is 139 cm³/mol. The molecule has 2 aromatic carbocycles. The number of carbonyl (C=O) groups excluding carboxylic acids is 1. The third-order valence-corrected chi connectivity index (χ3v) is 5.68. The normalized spacial score (nSPS) is 10.8. The molecule has 9 heteroatoms. The van der Waals surface area contributed by atoms with E-state index < -0.39 is 11.7 Å². The number of rotatable bonds is 9. The lowest BCUT2D eigenvalue weighted by molar-refractivity contribution is -0.114. The molecular weight excluding hydrogens is 459 g/mol. The van der Waals surface area contributed by atoms with Crippen LogP contribution in [0, 0.1) is 5.82 Å². The number of aryl methyl sites for hydroxylation is 1. The molecule has 0 saturated carbocycles. The van der Waals surface area contributed by atoms with Crippen molar-refractivity contribution in [1.82, 2.24) is 14.5 Å². The molecule has 4 aromatic rings. The second-order valence-corrected chi connectivity index (χ2v) is 8.23. The average molecular weight is 487 g/mol. The summed E-state index contributed by atoms with van der Waals surface area (Å²) >= 11 is 0. The largest absolute Gasteiger partial charge is 0.356 e. The summed E-state index contributed by atoms with van der Waals surface area (Å²) in [5.74, 6) is -0.111. The second kappa shape index (κ2) is 11.4. The summed E-state index contributed by atoms with van der Waals surface area (Å²) in [6, 6.07) is 19.2. The molecule has 0 fully saturated rings. The first-order chi connectivity index (χ1) is 17.5. The molecule has 184 valence electrons. The van der Waals surface area contributed by atoms with Crippen LogP contribution in [0.5, 0.6) is 0 Å². The van der Waals surface area contributed by atoms with Crippen LogP contribution in [0.2, 0.25) is 0 Å². The SMILES string of the molecule is Cn1c(NCCCc2ccccc2)nc(-c2ccnc(NC(=O)CN)c2)c(-c2ccc(F)cc2)c1=O. The van der Waals surface area contributed by atoms with Gasteiger partial charge in [-0.05, 0) is 48.2 Å². The van der Waals surface area contributed by atoms with E-state index in [1.807, 2.05) is 18.2 Å². The van der Waals surface area contributed by atoms with Crippen molar-refractivity contribution in [3.63, 3.8) is 0 Å². The number of nitrogens with zero attached hydrogens (tertiary/aromatic N) is 3. The Bertz CT molecular complexity index is 1400. The van der Waals surface area contributed by atoms with E-state index in [1.54, 1.807) is 31.3 Å². The van der Waals surface area contributed by atoms with Gasteiger partial charge in [-0.15, -0.1) is 0 Å².